The third-order valence-corrected chi connectivity index (χ3v) is 5.63. The van der Waals surface area contributed by atoms with Crippen LogP contribution in [0.25, 0.3) is 22.3 Å². The number of pyridine rings is 2. The zero-order valence-electron chi connectivity index (χ0n) is 17.3. The molecule has 3 aromatic heterocycles. The summed E-state index contributed by atoms with van der Waals surface area (Å²) in [6.45, 7) is 1.06. The van der Waals surface area contributed by atoms with E-state index >= 15 is 0 Å². The van der Waals surface area contributed by atoms with Crippen LogP contribution in [0, 0.1) is 0 Å². The second-order valence-corrected chi connectivity index (χ2v) is 7.71. The number of fused-ring (bicyclic) bond motifs is 2. The van der Waals surface area contributed by atoms with Crippen LogP contribution in [0.1, 0.15) is 17.5 Å². The van der Waals surface area contributed by atoms with Crippen molar-refractivity contribution < 1.29 is 9.47 Å². The first kappa shape index (κ1) is 18.6. The highest BCUT2D eigenvalue weighted by Gasteiger charge is 2.28. The molecule has 156 valence electrons. The molecular formula is C26H20N4O2. The van der Waals surface area contributed by atoms with Crippen LogP contribution in [-0.2, 0) is 6.54 Å². The molecule has 5 aromatic rings. The summed E-state index contributed by atoms with van der Waals surface area (Å²) in [4.78, 5) is 13.7. The van der Waals surface area contributed by atoms with Crippen molar-refractivity contribution in [1.82, 2.24) is 19.5 Å². The molecule has 0 N–H and O–H groups in total. The number of rotatable bonds is 4. The standard InChI is InChI=1S/C26H20N4O2/c1-2-6-18(7-3-1)16-30-21-14-20(19-10-12-27-13-11-19)15-28-25(21)29-26(30)24-17-31-22-8-4-5-9-23(22)32-24/h1-15,24H,16-17H2. The van der Waals surface area contributed by atoms with Crippen molar-refractivity contribution in [3.8, 4) is 22.6 Å². The summed E-state index contributed by atoms with van der Waals surface area (Å²) < 4.78 is 14.5. The maximum atomic E-state index is 6.30. The van der Waals surface area contributed by atoms with E-state index in [1.165, 1.54) is 5.56 Å². The molecule has 0 bridgehead atoms. The Labute approximate surface area is 185 Å². The van der Waals surface area contributed by atoms with Gasteiger partial charge in [-0.25, -0.2) is 9.97 Å². The normalized spacial score (nSPS) is 15.1. The molecule has 0 spiro atoms. The van der Waals surface area contributed by atoms with Crippen LogP contribution < -0.4 is 9.47 Å². The number of benzene rings is 2. The molecule has 0 saturated heterocycles. The Hall–Kier alpha value is -4.19. The quantitative estimate of drug-likeness (QED) is 0.407. The highest BCUT2D eigenvalue weighted by Crippen LogP contribution is 2.36. The van der Waals surface area contributed by atoms with E-state index in [-0.39, 0.29) is 6.10 Å². The van der Waals surface area contributed by atoms with Gasteiger partial charge in [0.05, 0.1) is 5.52 Å². The number of para-hydroxylation sites is 2. The first-order chi connectivity index (χ1) is 15.8. The van der Waals surface area contributed by atoms with Gasteiger partial charge >= 0.3 is 0 Å². The zero-order valence-corrected chi connectivity index (χ0v) is 17.3. The lowest BCUT2D eigenvalue weighted by molar-refractivity contribution is 0.0830. The lowest BCUT2D eigenvalue weighted by atomic mass is 10.1. The van der Waals surface area contributed by atoms with Crippen LogP contribution in [-0.4, -0.2) is 26.1 Å². The summed E-state index contributed by atoms with van der Waals surface area (Å²) in [6, 6.07) is 24.2. The second kappa shape index (κ2) is 7.81. The van der Waals surface area contributed by atoms with Crippen molar-refractivity contribution in [3.05, 3.63) is 103 Å². The van der Waals surface area contributed by atoms with Gasteiger partial charge in [0.15, 0.2) is 29.1 Å². The molecule has 1 aliphatic heterocycles. The van der Waals surface area contributed by atoms with E-state index in [4.69, 9.17) is 14.5 Å². The fourth-order valence-electron chi connectivity index (χ4n) is 4.05. The summed E-state index contributed by atoms with van der Waals surface area (Å²) in [7, 11) is 0. The molecule has 1 atom stereocenters. The van der Waals surface area contributed by atoms with E-state index in [0.29, 0.717) is 18.8 Å². The third kappa shape index (κ3) is 3.36. The van der Waals surface area contributed by atoms with Gasteiger partial charge in [0.1, 0.15) is 6.61 Å². The summed E-state index contributed by atoms with van der Waals surface area (Å²) in [6.07, 6.45) is 5.11. The maximum absolute atomic E-state index is 6.30. The first-order valence-electron chi connectivity index (χ1n) is 10.5. The van der Waals surface area contributed by atoms with Gasteiger partial charge in [-0.3, -0.25) is 4.98 Å². The number of hydrogen-bond acceptors (Lipinski definition) is 5. The van der Waals surface area contributed by atoms with Gasteiger partial charge in [-0.2, -0.15) is 0 Å². The topological polar surface area (TPSA) is 62.1 Å². The Morgan fingerprint density at radius 2 is 1.66 bits per heavy atom. The smallest absolute Gasteiger partial charge is 0.190 e. The van der Waals surface area contributed by atoms with Crippen LogP contribution >= 0.6 is 0 Å². The minimum Gasteiger partial charge on any atom is -0.485 e. The van der Waals surface area contributed by atoms with Crippen LogP contribution in [0.2, 0.25) is 0 Å². The van der Waals surface area contributed by atoms with E-state index in [9.17, 15) is 0 Å². The minimum atomic E-state index is -0.327. The van der Waals surface area contributed by atoms with Gasteiger partial charge < -0.3 is 14.0 Å². The Kier molecular flexibility index (Phi) is 4.53. The predicted molar refractivity (Wildman–Crippen MR) is 122 cm³/mol. The Morgan fingerprint density at radius 3 is 2.50 bits per heavy atom. The van der Waals surface area contributed by atoms with E-state index < -0.39 is 0 Å². The fourth-order valence-corrected chi connectivity index (χ4v) is 4.05. The number of nitrogens with zero attached hydrogens (tertiary/aromatic N) is 4. The van der Waals surface area contributed by atoms with Gasteiger partial charge in [0.25, 0.3) is 0 Å². The average molecular weight is 420 g/mol. The molecule has 1 unspecified atom stereocenters. The Balaban J connectivity index is 1.47. The number of imidazole rings is 1. The van der Waals surface area contributed by atoms with Gasteiger partial charge in [-0.1, -0.05) is 42.5 Å². The highest BCUT2D eigenvalue weighted by atomic mass is 16.6. The number of ether oxygens (including phenoxy) is 2. The third-order valence-electron chi connectivity index (χ3n) is 5.63. The first-order valence-corrected chi connectivity index (χ1v) is 10.5. The van der Waals surface area contributed by atoms with Gasteiger partial charge in [0.2, 0.25) is 0 Å². The van der Waals surface area contributed by atoms with Crippen LogP contribution in [0.3, 0.4) is 0 Å². The van der Waals surface area contributed by atoms with Crippen molar-refractivity contribution in [2.24, 2.45) is 0 Å². The molecule has 0 amide bonds. The largest absolute Gasteiger partial charge is 0.485 e. The van der Waals surface area contributed by atoms with E-state index in [2.05, 4.69) is 32.7 Å². The van der Waals surface area contributed by atoms with Gasteiger partial charge in [-0.05, 0) is 41.5 Å². The second-order valence-electron chi connectivity index (χ2n) is 7.71. The van der Waals surface area contributed by atoms with Gasteiger partial charge in [0, 0.05) is 30.7 Å². The van der Waals surface area contributed by atoms with Crippen molar-refractivity contribution in [3.63, 3.8) is 0 Å². The molecule has 0 saturated carbocycles. The van der Waals surface area contributed by atoms with Crippen molar-refractivity contribution in [1.29, 1.82) is 0 Å². The lowest BCUT2D eigenvalue weighted by Crippen LogP contribution is -2.25. The van der Waals surface area contributed by atoms with Crippen molar-refractivity contribution in [2.45, 2.75) is 12.6 Å². The van der Waals surface area contributed by atoms with E-state index in [0.717, 1.165) is 34.0 Å². The summed E-state index contributed by atoms with van der Waals surface area (Å²) in [5, 5.41) is 0. The molecule has 0 aliphatic carbocycles. The molecular weight excluding hydrogens is 400 g/mol. The van der Waals surface area contributed by atoms with Crippen LogP contribution in [0.15, 0.2) is 91.4 Å². The number of aromatic nitrogens is 4. The highest BCUT2D eigenvalue weighted by molar-refractivity contribution is 5.79. The molecule has 6 rings (SSSR count). The number of hydrogen-bond donors (Lipinski definition) is 0. The van der Waals surface area contributed by atoms with E-state index in [1.54, 1.807) is 12.4 Å². The van der Waals surface area contributed by atoms with Gasteiger partial charge in [-0.15, -0.1) is 0 Å². The molecule has 32 heavy (non-hydrogen) atoms. The molecule has 1 aliphatic rings. The SMILES string of the molecule is c1ccc(Cn2c(C3COc4ccccc4O3)nc3ncc(-c4ccncc4)cc32)cc1. The predicted octanol–water partition coefficient (Wildman–Crippen LogP) is 5.05. The fraction of sp³-hybridized carbons (Fsp3) is 0.115. The molecule has 0 fully saturated rings. The zero-order chi connectivity index (χ0) is 21.3. The molecule has 6 heteroatoms. The van der Waals surface area contributed by atoms with Crippen molar-refractivity contribution >= 4 is 11.2 Å². The summed E-state index contributed by atoms with van der Waals surface area (Å²) in [5.41, 5.74) is 4.91. The minimum absolute atomic E-state index is 0.327. The molecule has 2 aromatic carbocycles. The molecule has 4 heterocycles. The Morgan fingerprint density at radius 1 is 0.875 bits per heavy atom. The molecule has 0 radical (unpaired) electrons. The maximum Gasteiger partial charge on any atom is 0.190 e. The van der Waals surface area contributed by atoms with E-state index in [1.807, 2.05) is 60.8 Å². The monoisotopic (exact) mass is 420 g/mol. The Bertz CT molecular complexity index is 1380. The summed E-state index contributed by atoms with van der Waals surface area (Å²) >= 11 is 0. The summed E-state index contributed by atoms with van der Waals surface area (Å²) in [5.74, 6) is 2.29. The average Bonchev–Trinajstić information content (AvgIpc) is 3.22. The van der Waals surface area contributed by atoms with Crippen molar-refractivity contribution in [2.75, 3.05) is 6.61 Å². The molecule has 6 nitrogen and oxygen atoms in total. The van der Waals surface area contributed by atoms with Crippen LogP contribution in [0.4, 0.5) is 0 Å². The lowest BCUT2D eigenvalue weighted by Gasteiger charge is -2.26. The van der Waals surface area contributed by atoms with Crippen LogP contribution in [0.5, 0.6) is 11.5 Å².